The monoisotopic (exact) mass is 433 g/mol. The molecule has 0 radical (unpaired) electrons. The molecule has 0 unspecified atom stereocenters. The minimum atomic E-state index is -1.41. The Morgan fingerprint density at radius 3 is 1.70 bits per heavy atom. The largest absolute Gasteiger partial charge is 0.463 e. The summed E-state index contributed by atoms with van der Waals surface area (Å²) in [5.41, 5.74) is 0. The smallest absolute Gasteiger partial charge is 0.303 e. The Kier molecular flexibility index (Phi) is 9.66. The molecule has 1 aliphatic heterocycles. The predicted octanol–water partition coefficient (Wildman–Crippen LogP) is -0.779. The van der Waals surface area contributed by atoms with Gasteiger partial charge < -0.3 is 33.7 Å². The molecule has 6 atom stereocenters. The second-order valence-electron chi connectivity index (χ2n) is 6.53. The third-order valence-corrected chi connectivity index (χ3v) is 3.93. The van der Waals surface area contributed by atoms with E-state index in [1.54, 1.807) is 0 Å². The van der Waals surface area contributed by atoms with Gasteiger partial charge in [0.2, 0.25) is 5.91 Å². The minimum absolute atomic E-state index is 0.398. The first-order valence-electron chi connectivity index (χ1n) is 9.06. The lowest BCUT2D eigenvalue weighted by Gasteiger charge is -2.34. The first-order chi connectivity index (χ1) is 14.0. The van der Waals surface area contributed by atoms with E-state index in [4.69, 9.17) is 28.4 Å². The van der Waals surface area contributed by atoms with Gasteiger partial charge in [-0.15, -0.1) is 0 Å². The lowest BCUT2D eigenvalue weighted by atomic mass is 9.98. The van der Waals surface area contributed by atoms with E-state index in [-0.39, 0.29) is 0 Å². The first-order valence-corrected chi connectivity index (χ1v) is 9.06. The zero-order chi connectivity index (χ0) is 23.0. The molecule has 12 nitrogen and oxygen atoms in total. The van der Waals surface area contributed by atoms with E-state index in [1.807, 2.05) is 0 Å². The second-order valence-corrected chi connectivity index (χ2v) is 6.53. The average molecular weight is 433 g/mol. The van der Waals surface area contributed by atoms with Crippen LogP contribution in [0.3, 0.4) is 0 Å². The van der Waals surface area contributed by atoms with Crippen molar-refractivity contribution in [2.24, 2.45) is 0 Å². The fourth-order valence-corrected chi connectivity index (χ4v) is 3.01. The van der Waals surface area contributed by atoms with Gasteiger partial charge in [0, 0.05) is 41.7 Å². The molecular weight excluding hydrogens is 406 g/mol. The standard InChI is InChI=1S/C18H27NO11/c1-8(20)19-14-16(28-11(4)23)17(29-12(5)24)15(27-10(3)22)13(7-26-9(2)21)30-18(14)25-6/h13-18H,7H2,1-6H3,(H,19,20)/t13-,14+,15+,16+,17+,18+/m1/s1. The van der Waals surface area contributed by atoms with Crippen LogP contribution in [0.2, 0.25) is 0 Å². The van der Waals surface area contributed by atoms with Crippen molar-refractivity contribution in [3.63, 3.8) is 0 Å². The van der Waals surface area contributed by atoms with Crippen LogP contribution in [0.15, 0.2) is 0 Å². The molecule has 1 saturated heterocycles. The SMILES string of the molecule is CO[C@H]1O[C@H](COC(C)=O)[C@H](OC(C)=O)[C@H](OC(C)=O)[C@@H](OC(C)=O)[C@@H]1NC(C)=O. The molecule has 0 spiro atoms. The van der Waals surface area contributed by atoms with Crippen LogP contribution >= 0.6 is 0 Å². The highest BCUT2D eigenvalue weighted by molar-refractivity contribution is 5.73. The summed E-state index contributed by atoms with van der Waals surface area (Å²) in [5.74, 6) is -3.47. The van der Waals surface area contributed by atoms with Crippen LogP contribution in [0.1, 0.15) is 34.6 Å². The third-order valence-electron chi connectivity index (χ3n) is 3.93. The van der Waals surface area contributed by atoms with E-state index in [1.165, 1.54) is 14.0 Å². The Bertz CT molecular complexity index is 665. The quantitative estimate of drug-likeness (QED) is 0.397. The Labute approximate surface area is 173 Å². The van der Waals surface area contributed by atoms with Crippen LogP contribution in [0.25, 0.3) is 0 Å². The fraction of sp³-hybridized carbons (Fsp3) is 0.722. The van der Waals surface area contributed by atoms with E-state index in [0.717, 1.165) is 27.7 Å². The number of ether oxygens (including phenoxy) is 6. The molecule has 1 rings (SSSR count). The van der Waals surface area contributed by atoms with Crippen molar-refractivity contribution in [3.05, 3.63) is 0 Å². The summed E-state index contributed by atoms with van der Waals surface area (Å²) in [6.07, 6.45) is -6.53. The van der Waals surface area contributed by atoms with Gasteiger partial charge in [0.05, 0.1) is 0 Å². The molecule has 1 aliphatic rings. The highest BCUT2D eigenvalue weighted by Gasteiger charge is 2.53. The molecule has 170 valence electrons. The van der Waals surface area contributed by atoms with Gasteiger partial charge in [0.1, 0.15) is 18.8 Å². The van der Waals surface area contributed by atoms with Crippen LogP contribution < -0.4 is 5.32 Å². The fourth-order valence-electron chi connectivity index (χ4n) is 3.01. The zero-order valence-electron chi connectivity index (χ0n) is 17.7. The summed E-state index contributed by atoms with van der Waals surface area (Å²) < 4.78 is 32.0. The maximum absolute atomic E-state index is 11.8. The molecule has 1 fully saturated rings. The van der Waals surface area contributed by atoms with E-state index < -0.39 is 73.1 Å². The molecule has 0 aromatic rings. The summed E-state index contributed by atoms with van der Waals surface area (Å²) in [6, 6.07) is -1.15. The van der Waals surface area contributed by atoms with Gasteiger partial charge in [-0.05, 0) is 0 Å². The van der Waals surface area contributed by atoms with Crippen LogP contribution in [0, 0.1) is 0 Å². The summed E-state index contributed by atoms with van der Waals surface area (Å²) in [4.78, 5) is 58.4. The van der Waals surface area contributed by atoms with Crippen LogP contribution in [0.5, 0.6) is 0 Å². The van der Waals surface area contributed by atoms with Gasteiger partial charge in [-0.3, -0.25) is 24.0 Å². The molecule has 0 aromatic heterocycles. The minimum Gasteiger partial charge on any atom is -0.463 e. The van der Waals surface area contributed by atoms with Crippen molar-refractivity contribution in [2.75, 3.05) is 13.7 Å². The van der Waals surface area contributed by atoms with Crippen LogP contribution in [-0.2, 0) is 52.4 Å². The van der Waals surface area contributed by atoms with Gasteiger partial charge in [-0.1, -0.05) is 0 Å². The lowest BCUT2D eigenvalue weighted by molar-refractivity contribution is -0.209. The molecule has 30 heavy (non-hydrogen) atoms. The molecule has 0 saturated carbocycles. The Morgan fingerprint density at radius 1 is 0.767 bits per heavy atom. The van der Waals surface area contributed by atoms with Crippen molar-refractivity contribution in [1.82, 2.24) is 5.32 Å². The molecule has 1 heterocycles. The number of nitrogens with one attached hydrogen (secondary N) is 1. The molecule has 1 amide bonds. The van der Waals surface area contributed by atoms with E-state index >= 15 is 0 Å². The van der Waals surface area contributed by atoms with Crippen molar-refractivity contribution >= 4 is 29.8 Å². The molecule has 0 aromatic carbocycles. The molecule has 0 aliphatic carbocycles. The van der Waals surface area contributed by atoms with E-state index in [0.29, 0.717) is 0 Å². The van der Waals surface area contributed by atoms with Crippen LogP contribution in [-0.4, -0.2) is 80.2 Å². The van der Waals surface area contributed by atoms with E-state index in [2.05, 4.69) is 5.32 Å². The highest BCUT2D eigenvalue weighted by Crippen LogP contribution is 2.29. The number of hydrogen-bond donors (Lipinski definition) is 1. The van der Waals surface area contributed by atoms with Gasteiger partial charge in [-0.2, -0.15) is 0 Å². The number of rotatable bonds is 7. The number of methoxy groups -OCH3 is 1. The number of amides is 1. The van der Waals surface area contributed by atoms with Crippen LogP contribution in [0.4, 0.5) is 0 Å². The lowest BCUT2D eigenvalue weighted by Crippen LogP contribution is -2.58. The molecule has 12 heteroatoms. The van der Waals surface area contributed by atoms with Crippen molar-refractivity contribution in [1.29, 1.82) is 0 Å². The number of carbonyl (C=O) groups excluding carboxylic acids is 5. The maximum atomic E-state index is 11.8. The van der Waals surface area contributed by atoms with Crippen molar-refractivity contribution in [3.8, 4) is 0 Å². The number of carbonyl (C=O) groups is 5. The topological polar surface area (TPSA) is 153 Å². The van der Waals surface area contributed by atoms with Gasteiger partial charge in [-0.25, -0.2) is 0 Å². The third kappa shape index (κ3) is 7.59. The molecular formula is C18H27NO11. The number of hydrogen-bond acceptors (Lipinski definition) is 11. The normalized spacial score (nSPS) is 28.5. The molecule has 1 N–H and O–H groups in total. The summed E-state index contributed by atoms with van der Waals surface area (Å²) in [7, 11) is 1.26. The Balaban J connectivity index is 3.56. The zero-order valence-corrected chi connectivity index (χ0v) is 17.7. The predicted molar refractivity (Wildman–Crippen MR) is 96.6 cm³/mol. The molecule has 0 bridgehead atoms. The summed E-state index contributed by atoms with van der Waals surface area (Å²) in [5, 5.41) is 2.54. The number of esters is 4. The maximum Gasteiger partial charge on any atom is 0.303 e. The second kappa shape index (κ2) is 11.5. The van der Waals surface area contributed by atoms with Crippen molar-refractivity contribution in [2.45, 2.75) is 71.4 Å². The van der Waals surface area contributed by atoms with E-state index in [9.17, 15) is 24.0 Å². The first kappa shape index (κ1) is 25.3. The van der Waals surface area contributed by atoms with Gasteiger partial charge in [0.25, 0.3) is 0 Å². The Morgan fingerprint density at radius 2 is 1.27 bits per heavy atom. The average Bonchev–Trinajstić information content (AvgIpc) is 2.69. The summed E-state index contributed by atoms with van der Waals surface area (Å²) >= 11 is 0. The van der Waals surface area contributed by atoms with Crippen molar-refractivity contribution < 1.29 is 52.4 Å². The Hall–Kier alpha value is -2.73. The van der Waals surface area contributed by atoms with Gasteiger partial charge in [0.15, 0.2) is 24.6 Å². The summed E-state index contributed by atoms with van der Waals surface area (Å²) in [6.45, 7) is 5.30. The highest BCUT2D eigenvalue weighted by atomic mass is 16.7. The van der Waals surface area contributed by atoms with Gasteiger partial charge >= 0.3 is 23.9 Å².